The van der Waals surface area contributed by atoms with Crippen molar-refractivity contribution in [2.75, 3.05) is 29.9 Å². The summed E-state index contributed by atoms with van der Waals surface area (Å²) in [4.78, 5) is 28.3. The number of aryl methyl sites for hydroxylation is 1. The molecule has 6 heteroatoms. The zero-order valence-electron chi connectivity index (χ0n) is 15.8. The molecular weight excluding hydrogens is 362 g/mol. The zero-order chi connectivity index (χ0) is 19.6. The first kappa shape index (κ1) is 19.2. The van der Waals surface area contributed by atoms with Gasteiger partial charge >= 0.3 is 6.03 Å². The van der Waals surface area contributed by atoms with Gasteiger partial charge in [0.1, 0.15) is 6.54 Å². The summed E-state index contributed by atoms with van der Waals surface area (Å²) < 4.78 is 0. The van der Waals surface area contributed by atoms with Crippen LogP contribution in [0, 0.1) is 6.92 Å². The first-order valence-corrected chi connectivity index (χ1v) is 9.45. The Morgan fingerprint density at radius 3 is 2.52 bits per heavy atom. The Labute approximate surface area is 164 Å². The van der Waals surface area contributed by atoms with Gasteiger partial charge in [0, 0.05) is 29.5 Å². The van der Waals surface area contributed by atoms with E-state index in [0.29, 0.717) is 29.7 Å². The van der Waals surface area contributed by atoms with Crippen LogP contribution in [-0.2, 0) is 4.79 Å². The minimum Gasteiger partial charge on any atom is -0.324 e. The minimum atomic E-state index is -0.231. The molecule has 0 saturated carbocycles. The maximum Gasteiger partial charge on any atom is 0.325 e. The van der Waals surface area contributed by atoms with Crippen molar-refractivity contribution < 1.29 is 9.59 Å². The lowest BCUT2D eigenvalue weighted by Gasteiger charge is -2.19. The van der Waals surface area contributed by atoms with Gasteiger partial charge in [-0.05, 0) is 48.2 Å². The average molecular weight is 386 g/mol. The number of halogens is 1. The predicted molar refractivity (Wildman–Crippen MR) is 110 cm³/mol. The molecule has 0 spiro atoms. The average Bonchev–Trinajstić information content (AvgIpc) is 2.98. The van der Waals surface area contributed by atoms with E-state index in [1.54, 1.807) is 21.9 Å². The van der Waals surface area contributed by atoms with Crippen LogP contribution in [0.4, 0.5) is 16.2 Å². The number of anilines is 2. The SMILES string of the molecule is Cc1ccc(Cl)cc1NC(=O)CN1CCN(c2ccc(C(C)C)cc2)C1=O. The number of urea groups is 1. The summed E-state index contributed by atoms with van der Waals surface area (Å²) in [6.07, 6.45) is 0. The van der Waals surface area contributed by atoms with Gasteiger partial charge < -0.3 is 10.2 Å². The van der Waals surface area contributed by atoms with Gasteiger partial charge in [0.25, 0.3) is 0 Å². The van der Waals surface area contributed by atoms with Crippen molar-refractivity contribution in [1.29, 1.82) is 0 Å². The Kier molecular flexibility index (Phi) is 5.71. The van der Waals surface area contributed by atoms with E-state index in [9.17, 15) is 9.59 Å². The lowest BCUT2D eigenvalue weighted by atomic mass is 10.0. The Hall–Kier alpha value is -2.53. The molecule has 2 aromatic carbocycles. The van der Waals surface area contributed by atoms with Gasteiger partial charge in [-0.1, -0.05) is 43.6 Å². The van der Waals surface area contributed by atoms with Gasteiger partial charge in [0.2, 0.25) is 5.91 Å². The van der Waals surface area contributed by atoms with E-state index in [1.165, 1.54) is 5.56 Å². The standard InChI is InChI=1S/C21H24ClN3O2/c1-14(2)16-5-8-18(9-6-16)25-11-10-24(21(25)27)13-20(26)23-19-12-17(22)7-4-15(19)3/h4-9,12,14H,10-11,13H2,1-3H3,(H,23,26). The van der Waals surface area contributed by atoms with Crippen molar-refractivity contribution in [3.8, 4) is 0 Å². The molecule has 1 fully saturated rings. The molecule has 1 aliphatic heterocycles. The predicted octanol–water partition coefficient (Wildman–Crippen LogP) is 4.65. The number of amides is 3. The third kappa shape index (κ3) is 4.42. The summed E-state index contributed by atoms with van der Waals surface area (Å²) in [6.45, 7) is 7.28. The van der Waals surface area contributed by atoms with E-state index >= 15 is 0 Å². The molecule has 1 saturated heterocycles. The van der Waals surface area contributed by atoms with Crippen molar-refractivity contribution in [3.63, 3.8) is 0 Å². The Morgan fingerprint density at radius 2 is 1.85 bits per heavy atom. The van der Waals surface area contributed by atoms with Gasteiger partial charge in [0.05, 0.1) is 0 Å². The summed E-state index contributed by atoms with van der Waals surface area (Å²) in [7, 11) is 0. The largest absolute Gasteiger partial charge is 0.325 e. The molecule has 0 radical (unpaired) electrons. The van der Waals surface area contributed by atoms with Crippen LogP contribution in [0.25, 0.3) is 0 Å². The number of carbonyl (C=O) groups is 2. The molecule has 3 rings (SSSR count). The molecule has 1 aliphatic rings. The normalized spacial score (nSPS) is 14.2. The molecule has 1 heterocycles. The number of hydrogen-bond donors (Lipinski definition) is 1. The van der Waals surface area contributed by atoms with Crippen molar-refractivity contribution in [3.05, 3.63) is 58.6 Å². The number of nitrogens with one attached hydrogen (secondary N) is 1. The third-order valence-electron chi connectivity index (χ3n) is 4.77. The molecule has 0 unspecified atom stereocenters. The highest BCUT2D eigenvalue weighted by atomic mass is 35.5. The van der Waals surface area contributed by atoms with E-state index in [0.717, 1.165) is 11.3 Å². The molecule has 0 atom stereocenters. The second-order valence-corrected chi connectivity index (χ2v) is 7.55. The van der Waals surface area contributed by atoms with Crippen LogP contribution < -0.4 is 10.2 Å². The smallest absolute Gasteiger partial charge is 0.324 e. The number of carbonyl (C=O) groups excluding carboxylic acids is 2. The lowest BCUT2D eigenvalue weighted by Crippen LogP contribution is -2.37. The second kappa shape index (κ2) is 8.01. The lowest BCUT2D eigenvalue weighted by molar-refractivity contribution is -0.116. The van der Waals surface area contributed by atoms with E-state index in [4.69, 9.17) is 11.6 Å². The number of nitrogens with zero attached hydrogens (tertiary/aromatic N) is 2. The highest BCUT2D eigenvalue weighted by Gasteiger charge is 2.30. The Balaban J connectivity index is 1.63. The Morgan fingerprint density at radius 1 is 1.15 bits per heavy atom. The van der Waals surface area contributed by atoms with Crippen LogP contribution >= 0.6 is 11.6 Å². The fourth-order valence-corrected chi connectivity index (χ4v) is 3.27. The molecule has 2 aromatic rings. The molecule has 142 valence electrons. The molecule has 3 amide bonds. The molecule has 0 aliphatic carbocycles. The van der Waals surface area contributed by atoms with Crippen LogP contribution in [0.2, 0.25) is 5.02 Å². The van der Waals surface area contributed by atoms with Crippen LogP contribution in [0.1, 0.15) is 30.9 Å². The number of hydrogen-bond acceptors (Lipinski definition) is 2. The summed E-state index contributed by atoms with van der Waals surface area (Å²) >= 11 is 5.99. The van der Waals surface area contributed by atoms with E-state index in [1.807, 2.05) is 37.3 Å². The van der Waals surface area contributed by atoms with E-state index in [2.05, 4.69) is 19.2 Å². The van der Waals surface area contributed by atoms with Gasteiger partial charge in [-0.2, -0.15) is 0 Å². The van der Waals surface area contributed by atoms with Gasteiger partial charge in [-0.3, -0.25) is 9.69 Å². The fraction of sp³-hybridized carbons (Fsp3) is 0.333. The molecule has 1 N–H and O–H groups in total. The number of rotatable bonds is 5. The summed E-state index contributed by atoms with van der Waals surface area (Å²) in [5.41, 5.74) is 3.68. The van der Waals surface area contributed by atoms with Crippen LogP contribution in [0.5, 0.6) is 0 Å². The highest BCUT2D eigenvalue weighted by molar-refractivity contribution is 6.31. The maximum atomic E-state index is 12.7. The quantitative estimate of drug-likeness (QED) is 0.814. The summed E-state index contributed by atoms with van der Waals surface area (Å²) in [6, 6.07) is 13.2. The molecule has 27 heavy (non-hydrogen) atoms. The van der Waals surface area contributed by atoms with Crippen molar-refractivity contribution in [2.45, 2.75) is 26.7 Å². The van der Waals surface area contributed by atoms with Crippen molar-refractivity contribution in [1.82, 2.24) is 4.90 Å². The van der Waals surface area contributed by atoms with Crippen LogP contribution in [0.3, 0.4) is 0 Å². The number of benzene rings is 2. The third-order valence-corrected chi connectivity index (χ3v) is 5.01. The molecule has 0 bridgehead atoms. The van der Waals surface area contributed by atoms with Crippen LogP contribution in [-0.4, -0.2) is 36.5 Å². The zero-order valence-corrected chi connectivity index (χ0v) is 16.6. The monoisotopic (exact) mass is 385 g/mol. The summed E-state index contributed by atoms with van der Waals surface area (Å²) in [5, 5.41) is 3.40. The Bertz CT molecular complexity index is 849. The highest BCUT2D eigenvalue weighted by Crippen LogP contribution is 2.24. The van der Waals surface area contributed by atoms with E-state index in [-0.39, 0.29) is 18.5 Å². The first-order valence-electron chi connectivity index (χ1n) is 9.07. The van der Waals surface area contributed by atoms with Crippen molar-refractivity contribution in [2.24, 2.45) is 0 Å². The molecule has 5 nitrogen and oxygen atoms in total. The fourth-order valence-electron chi connectivity index (χ4n) is 3.10. The minimum absolute atomic E-state index is 0.0192. The first-order chi connectivity index (χ1) is 12.8. The summed E-state index contributed by atoms with van der Waals surface area (Å²) in [5.74, 6) is 0.217. The van der Waals surface area contributed by atoms with Gasteiger partial charge in [-0.25, -0.2) is 4.79 Å². The second-order valence-electron chi connectivity index (χ2n) is 7.11. The molecule has 0 aromatic heterocycles. The molecular formula is C21H24ClN3O2. The van der Waals surface area contributed by atoms with Gasteiger partial charge in [0.15, 0.2) is 0 Å². The van der Waals surface area contributed by atoms with Crippen molar-refractivity contribution >= 4 is 34.9 Å². The van der Waals surface area contributed by atoms with Crippen LogP contribution in [0.15, 0.2) is 42.5 Å². The maximum absolute atomic E-state index is 12.7. The van der Waals surface area contributed by atoms with Gasteiger partial charge in [-0.15, -0.1) is 0 Å². The van der Waals surface area contributed by atoms with E-state index < -0.39 is 0 Å². The topological polar surface area (TPSA) is 52.7 Å².